The van der Waals surface area contributed by atoms with E-state index in [0.29, 0.717) is 11.3 Å². The lowest BCUT2D eigenvalue weighted by Crippen LogP contribution is -2.43. The molecule has 0 unspecified atom stereocenters. The van der Waals surface area contributed by atoms with Gasteiger partial charge in [-0.15, -0.1) is 0 Å². The zero-order chi connectivity index (χ0) is 17.9. The first-order chi connectivity index (χ1) is 11.9. The van der Waals surface area contributed by atoms with Gasteiger partial charge in [-0.05, 0) is 25.1 Å². The van der Waals surface area contributed by atoms with Crippen LogP contribution in [0.15, 0.2) is 30.4 Å². The number of fused-ring (bicyclic) bond motifs is 5. The SMILES string of the molecule is COc1ccc(C(C)=O)cc1N1C(=O)[C@@H]2[C@H]3C=C[C@@](CO)(O3)[C@H]2C1=O. The Morgan fingerprint density at radius 2 is 2.12 bits per heavy atom. The highest BCUT2D eigenvalue weighted by Gasteiger charge is 2.67. The minimum atomic E-state index is -1.15. The van der Waals surface area contributed by atoms with Crippen molar-refractivity contribution in [2.45, 2.75) is 18.6 Å². The number of anilines is 1. The molecule has 1 aromatic rings. The maximum Gasteiger partial charge on any atom is 0.241 e. The number of ketones is 1. The number of nitrogens with zero attached hydrogens (tertiary/aromatic N) is 1. The molecule has 3 aliphatic heterocycles. The first-order valence-electron chi connectivity index (χ1n) is 7.98. The second-order valence-electron chi connectivity index (χ2n) is 6.51. The largest absolute Gasteiger partial charge is 0.495 e. The van der Waals surface area contributed by atoms with Crippen molar-refractivity contribution >= 4 is 23.3 Å². The molecular weight excluding hydrogens is 326 g/mol. The van der Waals surface area contributed by atoms with E-state index < -0.39 is 35.4 Å². The average Bonchev–Trinajstić information content (AvgIpc) is 3.25. The van der Waals surface area contributed by atoms with Crippen LogP contribution in [0, 0.1) is 11.8 Å². The fraction of sp³-hybridized carbons (Fsp3) is 0.389. The quantitative estimate of drug-likeness (QED) is 0.491. The summed E-state index contributed by atoms with van der Waals surface area (Å²) in [7, 11) is 1.43. The lowest BCUT2D eigenvalue weighted by molar-refractivity contribution is -0.128. The normalized spacial score (nSPS) is 32.4. The average molecular weight is 343 g/mol. The molecule has 4 rings (SSSR count). The maximum absolute atomic E-state index is 13.0. The van der Waals surface area contributed by atoms with Crippen molar-refractivity contribution in [1.29, 1.82) is 0 Å². The van der Waals surface area contributed by atoms with E-state index in [1.54, 1.807) is 24.3 Å². The van der Waals surface area contributed by atoms with Gasteiger partial charge in [0.25, 0.3) is 0 Å². The van der Waals surface area contributed by atoms with Crippen LogP contribution >= 0.6 is 0 Å². The van der Waals surface area contributed by atoms with Gasteiger partial charge in [0.05, 0.1) is 37.3 Å². The van der Waals surface area contributed by atoms with E-state index in [4.69, 9.17) is 9.47 Å². The van der Waals surface area contributed by atoms with E-state index in [0.717, 1.165) is 4.90 Å². The summed E-state index contributed by atoms with van der Waals surface area (Å²) in [6, 6.07) is 4.63. The van der Waals surface area contributed by atoms with E-state index in [9.17, 15) is 19.5 Å². The molecule has 1 N–H and O–H groups in total. The summed E-state index contributed by atoms with van der Waals surface area (Å²) in [5, 5.41) is 9.74. The van der Waals surface area contributed by atoms with Crippen LogP contribution in [-0.4, -0.2) is 48.1 Å². The Bertz CT molecular complexity index is 831. The summed E-state index contributed by atoms with van der Waals surface area (Å²) in [6.45, 7) is 1.03. The molecule has 25 heavy (non-hydrogen) atoms. The molecule has 0 aromatic heterocycles. The number of Topliss-reactive ketones (excluding diaryl/α,β-unsaturated/α-hetero) is 1. The number of imide groups is 1. The number of methoxy groups -OCH3 is 1. The van der Waals surface area contributed by atoms with Gasteiger partial charge in [0.15, 0.2) is 5.78 Å². The molecular formula is C18H17NO6. The number of hydrogen-bond acceptors (Lipinski definition) is 6. The number of ether oxygens (including phenoxy) is 2. The van der Waals surface area contributed by atoms with E-state index in [1.807, 2.05) is 0 Å². The summed E-state index contributed by atoms with van der Waals surface area (Å²) in [6.07, 6.45) is 2.85. The molecule has 7 nitrogen and oxygen atoms in total. The second kappa shape index (κ2) is 5.24. The molecule has 2 amide bonds. The molecule has 0 radical (unpaired) electrons. The Morgan fingerprint density at radius 1 is 1.36 bits per heavy atom. The third kappa shape index (κ3) is 1.96. The molecule has 3 heterocycles. The molecule has 7 heteroatoms. The Hall–Kier alpha value is -2.51. The predicted molar refractivity (Wildman–Crippen MR) is 86.3 cm³/mol. The number of aliphatic hydroxyl groups excluding tert-OH is 1. The van der Waals surface area contributed by atoms with Crippen LogP contribution in [0.3, 0.4) is 0 Å². The topological polar surface area (TPSA) is 93.1 Å². The van der Waals surface area contributed by atoms with Crippen LogP contribution in [0.2, 0.25) is 0 Å². The molecule has 0 spiro atoms. The molecule has 4 atom stereocenters. The van der Waals surface area contributed by atoms with Gasteiger partial charge >= 0.3 is 0 Å². The van der Waals surface area contributed by atoms with Crippen molar-refractivity contribution in [3.8, 4) is 5.75 Å². The molecule has 2 fully saturated rings. The monoisotopic (exact) mass is 343 g/mol. The first-order valence-corrected chi connectivity index (χ1v) is 7.98. The smallest absolute Gasteiger partial charge is 0.241 e. The first kappa shape index (κ1) is 16.0. The minimum Gasteiger partial charge on any atom is -0.495 e. The van der Waals surface area contributed by atoms with Crippen LogP contribution in [0.5, 0.6) is 5.75 Å². The Labute approximate surface area is 143 Å². The minimum absolute atomic E-state index is 0.180. The van der Waals surface area contributed by atoms with Crippen molar-refractivity contribution < 1.29 is 29.0 Å². The predicted octanol–water partition coefficient (Wildman–Crippen LogP) is 0.703. The summed E-state index contributed by atoms with van der Waals surface area (Å²) in [5.74, 6) is -2.15. The molecule has 0 saturated carbocycles. The Kier molecular flexibility index (Phi) is 3.35. The lowest BCUT2D eigenvalue weighted by atomic mass is 9.77. The van der Waals surface area contributed by atoms with E-state index in [1.165, 1.54) is 20.1 Å². The van der Waals surface area contributed by atoms with Gasteiger partial charge in [-0.1, -0.05) is 12.2 Å². The van der Waals surface area contributed by atoms with Crippen molar-refractivity contribution in [3.05, 3.63) is 35.9 Å². The Balaban J connectivity index is 1.81. The number of amides is 2. The van der Waals surface area contributed by atoms with Gasteiger partial charge in [0.2, 0.25) is 11.8 Å². The molecule has 130 valence electrons. The highest BCUT2D eigenvalue weighted by Crippen LogP contribution is 2.53. The molecule has 3 aliphatic rings. The summed E-state index contributed by atoms with van der Waals surface area (Å²) >= 11 is 0. The molecule has 2 bridgehead atoms. The number of rotatable bonds is 4. The van der Waals surface area contributed by atoms with E-state index >= 15 is 0 Å². The van der Waals surface area contributed by atoms with Gasteiger partial charge in [0.1, 0.15) is 11.4 Å². The van der Waals surface area contributed by atoms with Gasteiger partial charge < -0.3 is 14.6 Å². The van der Waals surface area contributed by atoms with Gasteiger partial charge in [-0.25, -0.2) is 4.90 Å². The van der Waals surface area contributed by atoms with Crippen molar-refractivity contribution in [2.24, 2.45) is 11.8 Å². The summed E-state index contributed by atoms with van der Waals surface area (Å²) in [4.78, 5) is 38.8. The van der Waals surface area contributed by atoms with E-state index in [2.05, 4.69) is 0 Å². The van der Waals surface area contributed by atoms with Gasteiger partial charge in [-0.2, -0.15) is 0 Å². The zero-order valence-electron chi connectivity index (χ0n) is 13.8. The summed E-state index contributed by atoms with van der Waals surface area (Å²) < 4.78 is 11.0. The van der Waals surface area contributed by atoms with Crippen LogP contribution in [-0.2, 0) is 14.3 Å². The third-order valence-corrected chi connectivity index (χ3v) is 5.23. The number of carbonyl (C=O) groups is 3. The fourth-order valence-electron chi connectivity index (χ4n) is 4.01. The van der Waals surface area contributed by atoms with Crippen LogP contribution in [0.1, 0.15) is 17.3 Å². The number of aliphatic hydroxyl groups is 1. The van der Waals surface area contributed by atoms with Crippen molar-refractivity contribution in [2.75, 3.05) is 18.6 Å². The van der Waals surface area contributed by atoms with Gasteiger partial charge in [-0.3, -0.25) is 14.4 Å². The third-order valence-electron chi connectivity index (χ3n) is 5.23. The highest BCUT2D eigenvalue weighted by atomic mass is 16.5. The van der Waals surface area contributed by atoms with Crippen LogP contribution in [0.25, 0.3) is 0 Å². The second-order valence-corrected chi connectivity index (χ2v) is 6.51. The highest BCUT2D eigenvalue weighted by molar-refractivity contribution is 6.24. The maximum atomic E-state index is 13.0. The van der Waals surface area contributed by atoms with Gasteiger partial charge in [0, 0.05) is 5.56 Å². The standard InChI is InChI=1S/C18H17NO6/c1-9(21)10-3-4-12(24-2)11(7-10)19-16(22)14-13-5-6-18(8-20,25-13)15(14)17(19)23/h3-7,13-15,20H,8H2,1-2H3/t13-,14-,15-,18+/m1/s1. The van der Waals surface area contributed by atoms with Crippen molar-refractivity contribution in [3.63, 3.8) is 0 Å². The molecule has 0 aliphatic carbocycles. The van der Waals surface area contributed by atoms with Crippen LogP contribution < -0.4 is 9.64 Å². The zero-order valence-corrected chi connectivity index (χ0v) is 13.8. The number of benzene rings is 1. The van der Waals surface area contributed by atoms with E-state index in [-0.39, 0.29) is 18.1 Å². The van der Waals surface area contributed by atoms with Crippen molar-refractivity contribution in [1.82, 2.24) is 0 Å². The Morgan fingerprint density at radius 3 is 2.76 bits per heavy atom. The molecule has 1 aromatic carbocycles. The molecule has 2 saturated heterocycles. The van der Waals surface area contributed by atoms with Crippen LogP contribution in [0.4, 0.5) is 5.69 Å². The summed E-state index contributed by atoms with van der Waals surface area (Å²) in [5.41, 5.74) is -0.530. The lowest BCUT2D eigenvalue weighted by Gasteiger charge is -2.26. The number of carbonyl (C=O) groups excluding carboxylic acids is 3. The fourth-order valence-corrected chi connectivity index (χ4v) is 4.01. The number of hydrogen-bond donors (Lipinski definition) is 1.